The van der Waals surface area contributed by atoms with Crippen LogP contribution in [0.3, 0.4) is 0 Å². The SMILES string of the molecule is CC1(C)Cc2cccc(OCC(=O)NC[C@]3(O)CCOC3)c2O1. The fraction of sp³-hybridized carbons (Fsp3) is 0.588. The van der Waals surface area contributed by atoms with Crippen molar-refractivity contribution >= 4 is 5.91 Å². The zero-order chi connectivity index (χ0) is 16.5. The summed E-state index contributed by atoms with van der Waals surface area (Å²) in [7, 11) is 0. The van der Waals surface area contributed by atoms with E-state index in [0.29, 0.717) is 24.5 Å². The van der Waals surface area contributed by atoms with Gasteiger partial charge in [-0.3, -0.25) is 4.79 Å². The van der Waals surface area contributed by atoms with Crippen LogP contribution in [0.2, 0.25) is 0 Å². The molecule has 0 spiro atoms. The van der Waals surface area contributed by atoms with E-state index in [-0.39, 0.29) is 31.3 Å². The van der Waals surface area contributed by atoms with Crippen LogP contribution in [0.5, 0.6) is 11.5 Å². The molecule has 0 aromatic heterocycles. The highest BCUT2D eigenvalue weighted by atomic mass is 16.5. The second kappa shape index (κ2) is 6.02. The van der Waals surface area contributed by atoms with Crippen LogP contribution in [-0.2, 0) is 16.0 Å². The fourth-order valence-electron chi connectivity index (χ4n) is 2.89. The van der Waals surface area contributed by atoms with Gasteiger partial charge in [0.1, 0.15) is 11.2 Å². The predicted molar refractivity (Wildman–Crippen MR) is 83.7 cm³/mol. The number of nitrogens with one attached hydrogen (secondary N) is 1. The monoisotopic (exact) mass is 321 g/mol. The third kappa shape index (κ3) is 3.76. The van der Waals surface area contributed by atoms with Crippen molar-refractivity contribution < 1.29 is 24.1 Å². The molecule has 1 amide bonds. The molecule has 0 aliphatic carbocycles. The summed E-state index contributed by atoms with van der Waals surface area (Å²) in [5.41, 5.74) is -0.127. The van der Waals surface area contributed by atoms with Gasteiger partial charge in [-0.25, -0.2) is 0 Å². The molecule has 2 heterocycles. The number of fused-ring (bicyclic) bond motifs is 1. The molecule has 6 nitrogen and oxygen atoms in total. The van der Waals surface area contributed by atoms with E-state index in [2.05, 4.69) is 5.32 Å². The van der Waals surface area contributed by atoms with Gasteiger partial charge in [-0.2, -0.15) is 0 Å². The molecule has 1 aromatic carbocycles. The summed E-state index contributed by atoms with van der Waals surface area (Å²) >= 11 is 0. The Balaban J connectivity index is 1.53. The van der Waals surface area contributed by atoms with E-state index in [1.807, 2.05) is 26.0 Å². The molecular formula is C17H23NO5. The second-order valence-electron chi connectivity index (χ2n) is 6.88. The second-order valence-corrected chi connectivity index (χ2v) is 6.88. The van der Waals surface area contributed by atoms with Gasteiger partial charge in [-0.05, 0) is 19.9 Å². The molecule has 23 heavy (non-hydrogen) atoms. The molecule has 1 fully saturated rings. The summed E-state index contributed by atoms with van der Waals surface area (Å²) in [5.74, 6) is 1.01. The first-order valence-electron chi connectivity index (χ1n) is 7.88. The number of ether oxygens (including phenoxy) is 3. The molecule has 6 heteroatoms. The zero-order valence-corrected chi connectivity index (χ0v) is 13.6. The zero-order valence-electron chi connectivity index (χ0n) is 13.6. The van der Waals surface area contributed by atoms with Crippen LogP contribution < -0.4 is 14.8 Å². The van der Waals surface area contributed by atoms with Gasteiger partial charge in [0.05, 0.1) is 6.61 Å². The van der Waals surface area contributed by atoms with Gasteiger partial charge < -0.3 is 24.6 Å². The number of aliphatic hydroxyl groups is 1. The molecule has 0 saturated carbocycles. The van der Waals surface area contributed by atoms with E-state index in [4.69, 9.17) is 14.2 Å². The number of para-hydroxylation sites is 1. The van der Waals surface area contributed by atoms with Crippen LogP contribution >= 0.6 is 0 Å². The Morgan fingerprint density at radius 2 is 2.26 bits per heavy atom. The van der Waals surface area contributed by atoms with Gasteiger partial charge in [0.2, 0.25) is 0 Å². The van der Waals surface area contributed by atoms with Gasteiger partial charge in [-0.15, -0.1) is 0 Å². The van der Waals surface area contributed by atoms with Crippen molar-refractivity contribution in [2.24, 2.45) is 0 Å². The van der Waals surface area contributed by atoms with E-state index in [1.54, 1.807) is 6.07 Å². The van der Waals surface area contributed by atoms with Crippen molar-refractivity contribution in [3.05, 3.63) is 23.8 Å². The van der Waals surface area contributed by atoms with Gasteiger partial charge in [0.15, 0.2) is 18.1 Å². The standard InChI is InChI=1S/C17H23NO5/c1-16(2)8-12-4-3-5-13(15(12)23-16)22-9-14(19)18-10-17(20)6-7-21-11-17/h3-5,20H,6-11H2,1-2H3,(H,18,19)/t17-/m1/s1. The average Bonchev–Trinajstić information content (AvgIpc) is 3.05. The van der Waals surface area contributed by atoms with Gasteiger partial charge in [0.25, 0.3) is 5.91 Å². The minimum Gasteiger partial charge on any atom is -0.483 e. The number of benzene rings is 1. The van der Waals surface area contributed by atoms with Gasteiger partial charge in [-0.1, -0.05) is 12.1 Å². The minimum atomic E-state index is -0.962. The number of amides is 1. The Morgan fingerprint density at radius 3 is 3.00 bits per heavy atom. The van der Waals surface area contributed by atoms with Crippen LogP contribution in [0.1, 0.15) is 25.8 Å². The van der Waals surface area contributed by atoms with Crippen molar-refractivity contribution in [1.82, 2.24) is 5.32 Å². The molecular weight excluding hydrogens is 298 g/mol. The lowest BCUT2D eigenvalue weighted by Gasteiger charge is -2.21. The van der Waals surface area contributed by atoms with E-state index in [0.717, 1.165) is 12.0 Å². The lowest BCUT2D eigenvalue weighted by molar-refractivity contribution is -0.124. The van der Waals surface area contributed by atoms with Gasteiger partial charge in [0, 0.05) is 31.6 Å². The summed E-state index contributed by atoms with van der Waals surface area (Å²) in [4.78, 5) is 11.9. The van der Waals surface area contributed by atoms with Crippen LogP contribution in [0, 0.1) is 0 Å². The molecule has 1 saturated heterocycles. The molecule has 1 aromatic rings. The Labute approximate surface area is 135 Å². The Hall–Kier alpha value is -1.79. The Morgan fingerprint density at radius 1 is 1.43 bits per heavy atom. The van der Waals surface area contributed by atoms with Crippen molar-refractivity contribution in [2.45, 2.75) is 37.9 Å². The highest BCUT2D eigenvalue weighted by Crippen LogP contribution is 2.41. The van der Waals surface area contributed by atoms with Crippen molar-refractivity contribution in [3.8, 4) is 11.5 Å². The number of carbonyl (C=O) groups is 1. The molecule has 1 atom stereocenters. The smallest absolute Gasteiger partial charge is 0.258 e. The fourth-order valence-corrected chi connectivity index (χ4v) is 2.89. The summed E-state index contributed by atoms with van der Waals surface area (Å²) in [6.07, 6.45) is 1.35. The highest BCUT2D eigenvalue weighted by molar-refractivity contribution is 5.77. The van der Waals surface area contributed by atoms with E-state index >= 15 is 0 Å². The quantitative estimate of drug-likeness (QED) is 0.847. The normalized spacial score (nSPS) is 24.8. The Kier molecular flexibility index (Phi) is 4.21. The maximum absolute atomic E-state index is 11.9. The number of rotatable bonds is 5. The lowest BCUT2D eigenvalue weighted by Crippen LogP contribution is -2.44. The maximum atomic E-state index is 11.9. The first-order chi connectivity index (χ1) is 10.9. The average molecular weight is 321 g/mol. The van der Waals surface area contributed by atoms with E-state index in [1.165, 1.54) is 0 Å². The summed E-state index contributed by atoms with van der Waals surface area (Å²) < 4.78 is 16.6. The van der Waals surface area contributed by atoms with Crippen molar-refractivity contribution in [2.75, 3.05) is 26.4 Å². The molecule has 2 aliphatic rings. The topological polar surface area (TPSA) is 77.0 Å². The van der Waals surface area contributed by atoms with E-state index < -0.39 is 5.60 Å². The van der Waals surface area contributed by atoms with Crippen LogP contribution in [-0.4, -0.2) is 48.6 Å². The van der Waals surface area contributed by atoms with Crippen molar-refractivity contribution in [1.29, 1.82) is 0 Å². The summed E-state index contributed by atoms with van der Waals surface area (Å²) in [5, 5.41) is 12.8. The first-order valence-corrected chi connectivity index (χ1v) is 7.88. The molecule has 126 valence electrons. The van der Waals surface area contributed by atoms with Gasteiger partial charge >= 0.3 is 0 Å². The molecule has 0 bridgehead atoms. The van der Waals surface area contributed by atoms with Crippen LogP contribution in [0.25, 0.3) is 0 Å². The third-order valence-corrected chi connectivity index (χ3v) is 4.11. The predicted octanol–water partition coefficient (Wildman–Crippen LogP) is 1.05. The summed E-state index contributed by atoms with van der Waals surface area (Å²) in [6.45, 7) is 4.87. The molecule has 0 unspecified atom stereocenters. The van der Waals surface area contributed by atoms with Crippen LogP contribution in [0.15, 0.2) is 18.2 Å². The highest BCUT2D eigenvalue weighted by Gasteiger charge is 2.33. The molecule has 3 rings (SSSR count). The minimum absolute atomic E-state index is 0.114. The van der Waals surface area contributed by atoms with E-state index in [9.17, 15) is 9.90 Å². The largest absolute Gasteiger partial charge is 0.483 e. The lowest BCUT2D eigenvalue weighted by atomic mass is 10.0. The third-order valence-electron chi connectivity index (χ3n) is 4.11. The molecule has 2 aliphatic heterocycles. The maximum Gasteiger partial charge on any atom is 0.258 e. The number of hydrogen-bond donors (Lipinski definition) is 2. The van der Waals surface area contributed by atoms with Crippen LogP contribution in [0.4, 0.5) is 0 Å². The Bertz CT molecular complexity index is 593. The van der Waals surface area contributed by atoms with Crippen molar-refractivity contribution in [3.63, 3.8) is 0 Å². The first kappa shape index (κ1) is 16.1. The summed E-state index contributed by atoms with van der Waals surface area (Å²) in [6, 6.07) is 5.70. The number of carbonyl (C=O) groups excluding carboxylic acids is 1. The molecule has 0 radical (unpaired) electrons. The number of hydrogen-bond acceptors (Lipinski definition) is 5. The molecule has 2 N–H and O–H groups in total.